The van der Waals surface area contributed by atoms with Crippen LogP contribution in [0.4, 0.5) is 0 Å². The third-order valence-electron chi connectivity index (χ3n) is 3.00. The van der Waals surface area contributed by atoms with Crippen LogP contribution < -0.4 is 16.6 Å². The first kappa shape index (κ1) is 17.2. The molecule has 0 radical (unpaired) electrons. The molecule has 0 aliphatic carbocycles. The maximum Gasteiger partial charge on any atom is 0.212 e. The van der Waals surface area contributed by atoms with Gasteiger partial charge in [0.2, 0.25) is 7.12 Å². The van der Waals surface area contributed by atoms with Crippen molar-refractivity contribution in [2.75, 3.05) is 0 Å². The molecule has 0 heterocycles. The topological polar surface area (TPSA) is 79.8 Å². The minimum atomic E-state index is -1.60. The Morgan fingerprint density at radius 2 is 1.44 bits per heavy atom. The molecule has 0 saturated heterocycles. The Bertz CT molecular complexity index is 316. The molecule has 1 rings (SSSR count). The van der Waals surface area contributed by atoms with Gasteiger partial charge in [0.25, 0.3) is 0 Å². The van der Waals surface area contributed by atoms with Crippen LogP contribution in [0.15, 0.2) is 18.2 Å². The highest BCUT2D eigenvalue weighted by Crippen LogP contribution is 2.10. The summed E-state index contributed by atoms with van der Waals surface area (Å²) in [4.78, 5) is 0. The van der Waals surface area contributed by atoms with Gasteiger partial charge in [-0.1, -0.05) is 50.4 Å². The fourth-order valence-corrected chi connectivity index (χ4v) is 1.98. The van der Waals surface area contributed by atoms with Crippen LogP contribution in [0, 0.1) is 0 Å². The smallest absolute Gasteiger partial charge is 0.212 e. The van der Waals surface area contributed by atoms with Gasteiger partial charge >= 0.3 is 0 Å². The molecule has 0 aromatic heterocycles. The van der Waals surface area contributed by atoms with Crippen molar-refractivity contribution in [3.05, 3.63) is 29.3 Å². The van der Waals surface area contributed by atoms with Gasteiger partial charge in [-0.15, -0.1) is 0 Å². The van der Waals surface area contributed by atoms with Gasteiger partial charge < -0.3 is 16.2 Å². The molecule has 0 amide bonds. The van der Waals surface area contributed by atoms with E-state index >= 15 is 0 Å². The molecular weight excluding hydrogens is 225 g/mol. The van der Waals surface area contributed by atoms with Gasteiger partial charge in [0, 0.05) is 0 Å². The van der Waals surface area contributed by atoms with Crippen molar-refractivity contribution >= 4 is 12.6 Å². The van der Waals surface area contributed by atoms with Crippen molar-refractivity contribution in [1.29, 1.82) is 0 Å². The Hall–Kier alpha value is -0.835. The summed E-state index contributed by atoms with van der Waals surface area (Å²) in [7, 11) is -1.60. The molecule has 5 N–H and O–H groups in total. The van der Waals surface area contributed by atoms with Gasteiger partial charge in [0.05, 0.1) is 0 Å². The lowest BCUT2D eigenvalue weighted by atomic mass is 9.78. The van der Waals surface area contributed by atoms with E-state index < -0.39 is 7.12 Å². The van der Waals surface area contributed by atoms with Crippen LogP contribution in [-0.2, 0) is 12.8 Å². The van der Waals surface area contributed by atoms with Crippen LogP contribution in [-0.4, -0.2) is 12.1 Å². The summed E-state index contributed by atoms with van der Waals surface area (Å²) in [6.07, 6.45) is 6.55. The van der Waals surface area contributed by atoms with E-state index in [1.165, 1.54) is 11.1 Å². The van der Waals surface area contributed by atoms with E-state index in [-0.39, 0.29) is 6.15 Å². The standard InChI is InChI=1S/C14H22BO2.H3N/c1-3-5-7-12-9-13(8-6-4-2)11-14(10-12)15(16)17;/h9-11,16H,3-8H2,1-2H3;1H3/q-1;/p+1. The number of hydrogen-bond acceptors (Lipinski definition) is 2. The zero-order valence-corrected chi connectivity index (χ0v) is 11.9. The maximum absolute atomic E-state index is 11.1. The molecule has 0 unspecified atom stereocenters. The Morgan fingerprint density at radius 3 is 1.78 bits per heavy atom. The lowest BCUT2D eigenvalue weighted by Gasteiger charge is -2.15. The average Bonchev–Trinajstić information content (AvgIpc) is 2.33. The zero-order chi connectivity index (χ0) is 12.7. The summed E-state index contributed by atoms with van der Waals surface area (Å²) < 4.78 is 0. The van der Waals surface area contributed by atoms with Crippen molar-refractivity contribution in [3.63, 3.8) is 0 Å². The first-order valence-electron chi connectivity index (χ1n) is 6.64. The third kappa shape index (κ3) is 5.67. The van der Waals surface area contributed by atoms with Crippen molar-refractivity contribution in [1.82, 2.24) is 6.15 Å². The molecule has 0 bridgehead atoms. The lowest BCUT2D eigenvalue weighted by Crippen LogP contribution is -2.43. The molecule has 0 saturated carbocycles. The summed E-state index contributed by atoms with van der Waals surface area (Å²) in [5.41, 5.74) is 2.89. The summed E-state index contributed by atoms with van der Waals surface area (Å²) in [6, 6.07) is 5.88. The fourth-order valence-electron chi connectivity index (χ4n) is 1.98. The first-order chi connectivity index (χ1) is 8.17. The number of quaternary nitrogens is 1. The van der Waals surface area contributed by atoms with E-state index in [0.717, 1.165) is 38.5 Å². The van der Waals surface area contributed by atoms with Gasteiger partial charge in [-0.05, 0) is 36.8 Å². The van der Waals surface area contributed by atoms with Crippen molar-refractivity contribution < 1.29 is 10.0 Å². The maximum atomic E-state index is 11.1. The van der Waals surface area contributed by atoms with Crippen LogP contribution >= 0.6 is 0 Å². The molecule has 1 aromatic rings. The van der Waals surface area contributed by atoms with Crippen molar-refractivity contribution in [2.24, 2.45) is 0 Å². The fraction of sp³-hybridized carbons (Fsp3) is 0.571. The van der Waals surface area contributed by atoms with E-state index in [0.29, 0.717) is 5.46 Å². The van der Waals surface area contributed by atoms with Gasteiger partial charge in [-0.3, -0.25) is 0 Å². The number of hydrogen-bond donors (Lipinski definition) is 2. The van der Waals surface area contributed by atoms with Crippen LogP contribution in [0.5, 0.6) is 0 Å². The molecular formula is C14H26BNO2. The quantitative estimate of drug-likeness (QED) is 0.724. The average molecular weight is 251 g/mol. The predicted molar refractivity (Wildman–Crippen MR) is 77.3 cm³/mol. The Kier molecular flexibility index (Phi) is 8.72. The highest BCUT2D eigenvalue weighted by Gasteiger charge is 2.04. The van der Waals surface area contributed by atoms with Crippen molar-refractivity contribution in [2.45, 2.75) is 52.4 Å². The van der Waals surface area contributed by atoms with Crippen LogP contribution in [0.1, 0.15) is 50.7 Å². The Balaban J connectivity index is 0.00000289. The number of rotatable bonds is 7. The zero-order valence-electron chi connectivity index (χ0n) is 11.9. The molecule has 0 aliphatic heterocycles. The highest BCUT2D eigenvalue weighted by atomic mass is 16.4. The molecule has 0 fully saturated rings. The van der Waals surface area contributed by atoms with E-state index in [9.17, 15) is 5.02 Å². The van der Waals surface area contributed by atoms with Gasteiger partial charge in [-0.25, -0.2) is 0 Å². The molecule has 102 valence electrons. The van der Waals surface area contributed by atoms with E-state index in [2.05, 4.69) is 19.9 Å². The van der Waals surface area contributed by atoms with Gasteiger partial charge in [-0.2, -0.15) is 0 Å². The minimum Gasteiger partial charge on any atom is -0.853 e. The molecule has 18 heavy (non-hydrogen) atoms. The Morgan fingerprint density at radius 1 is 1.00 bits per heavy atom. The number of unbranched alkanes of at least 4 members (excludes halogenated alkanes) is 2. The Labute approximate surface area is 111 Å². The summed E-state index contributed by atoms with van der Waals surface area (Å²) in [6.45, 7) is 4.31. The highest BCUT2D eigenvalue weighted by molar-refractivity contribution is 6.57. The normalized spacial score (nSPS) is 10.0. The van der Waals surface area contributed by atoms with Crippen LogP contribution in [0.25, 0.3) is 0 Å². The van der Waals surface area contributed by atoms with E-state index in [1.807, 2.05) is 12.1 Å². The van der Waals surface area contributed by atoms with Crippen LogP contribution in [0.3, 0.4) is 0 Å². The molecule has 4 heteroatoms. The van der Waals surface area contributed by atoms with Gasteiger partial charge in [0.15, 0.2) is 0 Å². The summed E-state index contributed by atoms with van der Waals surface area (Å²) in [5, 5.41) is 20.3. The van der Waals surface area contributed by atoms with E-state index in [1.54, 1.807) is 0 Å². The molecule has 0 spiro atoms. The SMILES string of the molecule is CCCCc1cc(CCCC)cc(B([O-])O)c1.[NH4+]. The first-order valence-corrected chi connectivity index (χ1v) is 6.64. The van der Waals surface area contributed by atoms with E-state index in [4.69, 9.17) is 5.02 Å². The molecule has 3 nitrogen and oxygen atoms in total. The number of benzene rings is 1. The number of aryl methyl sites for hydroxylation is 2. The van der Waals surface area contributed by atoms with Gasteiger partial charge in [0.1, 0.15) is 0 Å². The second-order valence-electron chi connectivity index (χ2n) is 4.64. The molecule has 1 aromatic carbocycles. The lowest BCUT2D eigenvalue weighted by molar-refractivity contribution is -0.211. The second-order valence-corrected chi connectivity index (χ2v) is 4.64. The molecule has 0 atom stereocenters. The second kappa shape index (κ2) is 9.14. The monoisotopic (exact) mass is 251 g/mol. The third-order valence-corrected chi connectivity index (χ3v) is 3.00. The molecule has 0 aliphatic rings. The largest absolute Gasteiger partial charge is 0.853 e. The summed E-state index contributed by atoms with van der Waals surface area (Å²) >= 11 is 0. The van der Waals surface area contributed by atoms with Crippen LogP contribution in [0.2, 0.25) is 0 Å². The minimum absolute atomic E-state index is 0. The van der Waals surface area contributed by atoms with Crippen molar-refractivity contribution in [3.8, 4) is 0 Å². The summed E-state index contributed by atoms with van der Waals surface area (Å²) in [5.74, 6) is 0. The predicted octanol–water partition coefficient (Wildman–Crippen LogP) is 1.80.